The van der Waals surface area contributed by atoms with Crippen molar-refractivity contribution < 1.29 is 35.5 Å². The maximum absolute atomic E-state index is 14.4. The number of aryl methyl sites for hydroxylation is 1. The van der Waals surface area contributed by atoms with Crippen molar-refractivity contribution in [3.05, 3.63) is 95.3 Å². The van der Waals surface area contributed by atoms with E-state index in [-0.39, 0.29) is 0 Å². The van der Waals surface area contributed by atoms with E-state index in [0.717, 1.165) is 49.8 Å². The predicted octanol–water partition coefficient (Wildman–Crippen LogP) is 11.1. The van der Waals surface area contributed by atoms with Crippen LogP contribution < -0.4 is 4.74 Å². The standard InChI is InChI=1S/C34H35F7O/c1-2-3-4-5-23-8-14-26(15-9-23)27-16-10-24(11-17-27)6-7-25-12-18-28(19-13-25)29-20-21-31(30(35)22-29)42-34(40,41)32(36)33(37,38)39/h6-9,12-15,18-22,24,27,32H,2-5,10-11,16-17H2,1H3/b7-6+. The molecule has 1 saturated carbocycles. The zero-order valence-electron chi connectivity index (χ0n) is 23.4. The summed E-state index contributed by atoms with van der Waals surface area (Å²) in [5.74, 6) is -1.44. The molecule has 0 N–H and O–H groups in total. The van der Waals surface area contributed by atoms with Gasteiger partial charge in [0.05, 0.1) is 0 Å². The van der Waals surface area contributed by atoms with Crippen molar-refractivity contribution in [2.45, 2.75) is 82.7 Å². The van der Waals surface area contributed by atoms with Gasteiger partial charge < -0.3 is 4.74 Å². The predicted molar refractivity (Wildman–Crippen MR) is 152 cm³/mol. The molecule has 3 aromatic rings. The second kappa shape index (κ2) is 13.8. The minimum absolute atomic E-state index is 0.304. The van der Waals surface area contributed by atoms with Gasteiger partial charge in [0.2, 0.25) is 0 Å². The maximum Gasteiger partial charge on any atom is 0.439 e. The normalized spacial score (nSPS) is 18.8. The summed E-state index contributed by atoms with van der Waals surface area (Å²) in [5, 5.41) is 0. The summed E-state index contributed by atoms with van der Waals surface area (Å²) in [6, 6.07) is 19.1. The quantitative estimate of drug-likeness (QED) is 0.159. The number of alkyl halides is 6. The first-order valence-electron chi connectivity index (χ1n) is 14.4. The van der Waals surface area contributed by atoms with Gasteiger partial charge in [0.1, 0.15) is 0 Å². The SMILES string of the molecule is CCCCCc1ccc(C2CCC(/C=C/c3ccc(-c4ccc(OC(F)(F)C(F)C(F)(F)F)c(F)c4)cc3)CC2)cc1. The fourth-order valence-corrected chi connectivity index (χ4v) is 5.37. The minimum Gasteiger partial charge on any atom is -0.427 e. The third-order valence-corrected chi connectivity index (χ3v) is 7.86. The first-order chi connectivity index (χ1) is 20.0. The summed E-state index contributed by atoms with van der Waals surface area (Å²) in [6.07, 6.45) is -2.07. The Morgan fingerprint density at radius 3 is 2.07 bits per heavy atom. The van der Waals surface area contributed by atoms with Crippen molar-refractivity contribution in [2.24, 2.45) is 5.92 Å². The van der Waals surface area contributed by atoms with E-state index in [1.807, 2.05) is 18.2 Å². The molecule has 1 fully saturated rings. The van der Waals surface area contributed by atoms with E-state index in [1.54, 1.807) is 12.1 Å². The van der Waals surface area contributed by atoms with Crippen molar-refractivity contribution in [1.82, 2.24) is 0 Å². The molecule has 226 valence electrons. The Hall–Kier alpha value is -3.29. The van der Waals surface area contributed by atoms with Crippen LogP contribution in [0.25, 0.3) is 17.2 Å². The molecule has 1 nitrogen and oxygen atoms in total. The highest BCUT2D eigenvalue weighted by atomic mass is 19.4. The van der Waals surface area contributed by atoms with Gasteiger partial charge in [-0.1, -0.05) is 86.5 Å². The zero-order valence-corrected chi connectivity index (χ0v) is 23.4. The minimum atomic E-state index is -5.85. The van der Waals surface area contributed by atoms with Crippen LogP contribution in [0.3, 0.4) is 0 Å². The number of hydrogen-bond donors (Lipinski definition) is 0. The fourth-order valence-electron chi connectivity index (χ4n) is 5.37. The van der Waals surface area contributed by atoms with Gasteiger partial charge >= 0.3 is 12.3 Å². The lowest BCUT2D eigenvalue weighted by Crippen LogP contribution is -2.45. The van der Waals surface area contributed by atoms with Gasteiger partial charge in [0.15, 0.2) is 11.6 Å². The second-order valence-electron chi connectivity index (χ2n) is 11.0. The average Bonchev–Trinajstić information content (AvgIpc) is 2.97. The van der Waals surface area contributed by atoms with E-state index in [2.05, 4.69) is 42.0 Å². The van der Waals surface area contributed by atoms with Gasteiger partial charge in [0.25, 0.3) is 6.17 Å². The molecule has 0 bridgehead atoms. The van der Waals surface area contributed by atoms with Crippen LogP contribution in [-0.4, -0.2) is 18.5 Å². The highest BCUT2D eigenvalue weighted by Gasteiger charge is 2.59. The summed E-state index contributed by atoms with van der Waals surface area (Å²) in [6.45, 7) is 2.22. The van der Waals surface area contributed by atoms with Crippen LogP contribution in [0.1, 0.15) is 74.5 Å². The largest absolute Gasteiger partial charge is 0.439 e. The number of ether oxygens (including phenoxy) is 1. The molecule has 0 radical (unpaired) electrons. The molecule has 1 unspecified atom stereocenters. The molecule has 4 rings (SSSR count). The van der Waals surface area contributed by atoms with Crippen LogP contribution in [-0.2, 0) is 6.42 Å². The van der Waals surface area contributed by atoms with Crippen LogP contribution in [0.15, 0.2) is 72.8 Å². The lowest BCUT2D eigenvalue weighted by molar-refractivity contribution is -0.305. The lowest BCUT2D eigenvalue weighted by atomic mass is 9.78. The van der Waals surface area contributed by atoms with Crippen LogP contribution in [0.4, 0.5) is 30.7 Å². The molecule has 0 saturated heterocycles. The Morgan fingerprint density at radius 2 is 1.48 bits per heavy atom. The summed E-state index contributed by atoms with van der Waals surface area (Å²) in [7, 11) is 0. The Labute approximate surface area is 242 Å². The molecule has 0 spiro atoms. The van der Waals surface area contributed by atoms with E-state index < -0.39 is 30.0 Å². The average molecular weight is 593 g/mol. The second-order valence-corrected chi connectivity index (χ2v) is 11.0. The van der Waals surface area contributed by atoms with Gasteiger partial charge in [0, 0.05) is 0 Å². The van der Waals surface area contributed by atoms with Crippen molar-refractivity contribution in [2.75, 3.05) is 0 Å². The van der Waals surface area contributed by atoms with E-state index in [9.17, 15) is 30.7 Å². The molecular weight excluding hydrogens is 557 g/mol. The zero-order chi connectivity index (χ0) is 30.3. The Morgan fingerprint density at radius 1 is 0.833 bits per heavy atom. The fraction of sp³-hybridized carbons (Fsp3) is 0.412. The Balaban J connectivity index is 1.30. The molecule has 0 aromatic heterocycles. The highest BCUT2D eigenvalue weighted by Crippen LogP contribution is 2.39. The van der Waals surface area contributed by atoms with Gasteiger partial charge in [-0.3, -0.25) is 0 Å². The Kier molecular flexibility index (Phi) is 10.4. The van der Waals surface area contributed by atoms with Gasteiger partial charge in [-0.25, -0.2) is 8.78 Å². The molecule has 0 amide bonds. The number of rotatable bonds is 11. The molecule has 1 atom stereocenters. The molecule has 1 aliphatic rings. The maximum atomic E-state index is 14.4. The highest BCUT2D eigenvalue weighted by molar-refractivity contribution is 5.66. The van der Waals surface area contributed by atoms with E-state index in [4.69, 9.17) is 0 Å². The van der Waals surface area contributed by atoms with E-state index >= 15 is 0 Å². The van der Waals surface area contributed by atoms with E-state index in [1.165, 1.54) is 36.5 Å². The van der Waals surface area contributed by atoms with Crippen molar-refractivity contribution >= 4 is 6.08 Å². The molecule has 0 heterocycles. The molecule has 3 aromatic carbocycles. The first-order valence-corrected chi connectivity index (χ1v) is 14.4. The monoisotopic (exact) mass is 592 g/mol. The third-order valence-electron chi connectivity index (χ3n) is 7.86. The van der Waals surface area contributed by atoms with Crippen molar-refractivity contribution in [1.29, 1.82) is 0 Å². The van der Waals surface area contributed by atoms with Gasteiger partial charge in [-0.05, 0) is 90.3 Å². The number of benzene rings is 3. The smallest absolute Gasteiger partial charge is 0.427 e. The topological polar surface area (TPSA) is 9.23 Å². The number of hydrogen-bond acceptors (Lipinski definition) is 1. The van der Waals surface area contributed by atoms with Crippen LogP contribution in [0, 0.1) is 11.7 Å². The molecule has 8 heteroatoms. The summed E-state index contributed by atoms with van der Waals surface area (Å²) in [5.41, 5.74) is 4.65. The first kappa shape index (κ1) is 31.6. The van der Waals surface area contributed by atoms with Crippen LogP contribution in [0.5, 0.6) is 5.75 Å². The molecule has 1 aliphatic carbocycles. The van der Waals surface area contributed by atoms with Gasteiger partial charge in [-0.15, -0.1) is 0 Å². The van der Waals surface area contributed by atoms with Gasteiger partial charge in [-0.2, -0.15) is 22.0 Å². The number of allylic oxidation sites excluding steroid dienone is 1. The summed E-state index contributed by atoms with van der Waals surface area (Å²) >= 11 is 0. The molecule has 0 aliphatic heterocycles. The number of unbranched alkanes of at least 4 members (excludes halogenated alkanes) is 2. The molecule has 42 heavy (non-hydrogen) atoms. The Bertz CT molecular complexity index is 1310. The van der Waals surface area contributed by atoms with Crippen molar-refractivity contribution in [3.63, 3.8) is 0 Å². The summed E-state index contributed by atoms with van der Waals surface area (Å²) in [4.78, 5) is 0. The molecular formula is C34H35F7O. The summed E-state index contributed by atoms with van der Waals surface area (Å²) < 4.78 is 95.2. The van der Waals surface area contributed by atoms with Crippen molar-refractivity contribution in [3.8, 4) is 16.9 Å². The number of halogens is 7. The third kappa shape index (κ3) is 8.39. The van der Waals surface area contributed by atoms with Crippen LogP contribution >= 0.6 is 0 Å². The van der Waals surface area contributed by atoms with Crippen LogP contribution in [0.2, 0.25) is 0 Å². The van der Waals surface area contributed by atoms with E-state index in [0.29, 0.717) is 23.0 Å². The lowest BCUT2D eigenvalue weighted by Gasteiger charge is -2.27.